The van der Waals surface area contributed by atoms with Gasteiger partial charge in [-0.25, -0.2) is 4.79 Å². The molecular formula is C25H27NO2. The molecule has 0 aliphatic rings. The minimum atomic E-state index is -0.259. The SMILES string of the molecule is Cc1ccccc1C(=O)OC(C)CN(Cc1ccccc1)Cc1ccccc1. The summed E-state index contributed by atoms with van der Waals surface area (Å²) < 4.78 is 5.74. The predicted molar refractivity (Wildman–Crippen MR) is 113 cm³/mol. The summed E-state index contributed by atoms with van der Waals surface area (Å²) in [5.41, 5.74) is 4.06. The van der Waals surface area contributed by atoms with Crippen molar-refractivity contribution in [2.24, 2.45) is 0 Å². The van der Waals surface area contributed by atoms with Crippen LogP contribution in [0.3, 0.4) is 0 Å². The number of ether oxygens (including phenoxy) is 1. The zero-order valence-electron chi connectivity index (χ0n) is 16.5. The van der Waals surface area contributed by atoms with E-state index >= 15 is 0 Å². The van der Waals surface area contributed by atoms with E-state index < -0.39 is 0 Å². The van der Waals surface area contributed by atoms with Crippen LogP contribution < -0.4 is 0 Å². The van der Waals surface area contributed by atoms with E-state index in [0.29, 0.717) is 12.1 Å². The number of carbonyl (C=O) groups is 1. The lowest BCUT2D eigenvalue weighted by Crippen LogP contribution is -2.33. The number of benzene rings is 3. The number of nitrogens with zero attached hydrogens (tertiary/aromatic N) is 1. The summed E-state index contributed by atoms with van der Waals surface area (Å²) in [5.74, 6) is -0.259. The second-order valence-electron chi connectivity index (χ2n) is 7.17. The Labute approximate surface area is 167 Å². The molecule has 0 radical (unpaired) electrons. The number of hydrogen-bond acceptors (Lipinski definition) is 3. The molecule has 3 heteroatoms. The molecule has 0 heterocycles. The highest BCUT2D eigenvalue weighted by Gasteiger charge is 2.17. The minimum Gasteiger partial charge on any atom is -0.458 e. The quantitative estimate of drug-likeness (QED) is 0.506. The molecule has 0 aromatic heterocycles. The Morgan fingerprint density at radius 3 is 1.86 bits per heavy atom. The zero-order chi connectivity index (χ0) is 19.8. The first kappa shape index (κ1) is 19.8. The number of carbonyl (C=O) groups excluding carboxylic acids is 1. The summed E-state index contributed by atoms with van der Waals surface area (Å²) in [6.07, 6.45) is -0.209. The van der Waals surface area contributed by atoms with Gasteiger partial charge in [-0.3, -0.25) is 4.90 Å². The van der Waals surface area contributed by atoms with Crippen LogP contribution >= 0.6 is 0 Å². The van der Waals surface area contributed by atoms with Gasteiger partial charge < -0.3 is 4.74 Å². The molecule has 3 aromatic carbocycles. The fourth-order valence-corrected chi connectivity index (χ4v) is 3.32. The van der Waals surface area contributed by atoms with Crippen LogP contribution in [0.1, 0.15) is 34.0 Å². The Bertz CT molecular complexity index is 836. The van der Waals surface area contributed by atoms with Gasteiger partial charge in [0.05, 0.1) is 5.56 Å². The summed E-state index contributed by atoms with van der Waals surface area (Å²) in [7, 11) is 0. The molecule has 3 rings (SSSR count). The van der Waals surface area contributed by atoms with Crippen molar-refractivity contribution >= 4 is 5.97 Å². The number of esters is 1. The maximum Gasteiger partial charge on any atom is 0.338 e. The Hall–Kier alpha value is -2.91. The first-order chi connectivity index (χ1) is 13.6. The molecule has 0 saturated carbocycles. The summed E-state index contributed by atoms with van der Waals surface area (Å²) in [5, 5.41) is 0. The van der Waals surface area contributed by atoms with Gasteiger partial charge in [0, 0.05) is 19.6 Å². The van der Waals surface area contributed by atoms with Crippen molar-refractivity contribution in [3.63, 3.8) is 0 Å². The fourth-order valence-electron chi connectivity index (χ4n) is 3.32. The van der Waals surface area contributed by atoms with Crippen molar-refractivity contribution in [3.05, 3.63) is 107 Å². The molecular weight excluding hydrogens is 346 g/mol. The summed E-state index contributed by atoms with van der Waals surface area (Å²) in [6.45, 7) is 6.17. The molecule has 1 unspecified atom stereocenters. The molecule has 28 heavy (non-hydrogen) atoms. The topological polar surface area (TPSA) is 29.5 Å². The third kappa shape index (κ3) is 5.80. The monoisotopic (exact) mass is 373 g/mol. The lowest BCUT2D eigenvalue weighted by Gasteiger charge is -2.26. The predicted octanol–water partition coefficient (Wildman–Crippen LogP) is 5.24. The van der Waals surface area contributed by atoms with Gasteiger partial charge in [0.15, 0.2) is 0 Å². The average molecular weight is 373 g/mol. The maximum absolute atomic E-state index is 12.5. The van der Waals surface area contributed by atoms with Gasteiger partial charge in [0.25, 0.3) is 0 Å². The van der Waals surface area contributed by atoms with Crippen LogP contribution in [0.15, 0.2) is 84.9 Å². The molecule has 0 spiro atoms. The maximum atomic E-state index is 12.5. The van der Waals surface area contributed by atoms with E-state index in [1.807, 2.05) is 50.2 Å². The summed E-state index contributed by atoms with van der Waals surface area (Å²) >= 11 is 0. The van der Waals surface area contributed by atoms with E-state index in [4.69, 9.17) is 4.74 Å². The van der Waals surface area contributed by atoms with E-state index in [1.54, 1.807) is 0 Å². The van der Waals surface area contributed by atoms with Crippen LogP contribution in [-0.4, -0.2) is 23.5 Å². The fraction of sp³-hybridized carbons (Fsp3) is 0.240. The van der Waals surface area contributed by atoms with E-state index in [0.717, 1.165) is 18.7 Å². The molecule has 144 valence electrons. The highest BCUT2D eigenvalue weighted by Crippen LogP contribution is 2.14. The molecule has 3 nitrogen and oxygen atoms in total. The smallest absolute Gasteiger partial charge is 0.338 e. The van der Waals surface area contributed by atoms with Gasteiger partial charge in [-0.1, -0.05) is 78.9 Å². The molecule has 3 aromatic rings. The molecule has 1 atom stereocenters. The zero-order valence-corrected chi connectivity index (χ0v) is 16.5. The highest BCUT2D eigenvalue weighted by molar-refractivity contribution is 5.91. The Kier molecular flexibility index (Phi) is 6.99. The molecule has 0 amide bonds. The van der Waals surface area contributed by atoms with E-state index in [2.05, 4.69) is 53.4 Å². The molecule has 0 aliphatic heterocycles. The van der Waals surface area contributed by atoms with Crippen molar-refractivity contribution in [1.29, 1.82) is 0 Å². The highest BCUT2D eigenvalue weighted by atomic mass is 16.5. The van der Waals surface area contributed by atoms with Crippen molar-refractivity contribution < 1.29 is 9.53 Å². The average Bonchev–Trinajstić information content (AvgIpc) is 2.69. The van der Waals surface area contributed by atoms with E-state index in [1.165, 1.54) is 11.1 Å². The number of aryl methyl sites for hydroxylation is 1. The van der Waals surface area contributed by atoms with Gasteiger partial charge in [-0.15, -0.1) is 0 Å². The lowest BCUT2D eigenvalue weighted by molar-refractivity contribution is 0.0236. The number of hydrogen-bond donors (Lipinski definition) is 0. The van der Waals surface area contributed by atoms with Crippen LogP contribution in [0.4, 0.5) is 0 Å². The van der Waals surface area contributed by atoms with Gasteiger partial charge in [-0.05, 0) is 36.6 Å². The summed E-state index contributed by atoms with van der Waals surface area (Å²) in [6, 6.07) is 28.3. The largest absolute Gasteiger partial charge is 0.458 e. The van der Waals surface area contributed by atoms with Crippen molar-refractivity contribution in [3.8, 4) is 0 Å². The van der Waals surface area contributed by atoms with Crippen LogP contribution in [-0.2, 0) is 17.8 Å². The second kappa shape index (κ2) is 9.86. The molecule has 0 saturated heterocycles. The van der Waals surface area contributed by atoms with Gasteiger partial charge in [-0.2, -0.15) is 0 Å². The van der Waals surface area contributed by atoms with Crippen LogP contribution in [0.2, 0.25) is 0 Å². The van der Waals surface area contributed by atoms with Gasteiger partial charge in [0.1, 0.15) is 6.10 Å². The van der Waals surface area contributed by atoms with Gasteiger partial charge >= 0.3 is 5.97 Å². The van der Waals surface area contributed by atoms with Crippen molar-refractivity contribution in [2.45, 2.75) is 33.0 Å². The normalized spacial score (nSPS) is 12.0. The molecule has 0 aliphatic carbocycles. The van der Waals surface area contributed by atoms with Crippen LogP contribution in [0.5, 0.6) is 0 Å². The van der Waals surface area contributed by atoms with E-state index in [9.17, 15) is 4.79 Å². The van der Waals surface area contributed by atoms with Gasteiger partial charge in [0.2, 0.25) is 0 Å². The molecule has 0 fully saturated rings. The van der Waals surface area contributed by atoms with Crippen LogP contribution in [0, 0.1) is 6.92 Å². The molecule has 0 bridgehead atoms. The first-order valence-corrected chi connectivity index (χ1v) is 9.68. The standard InChI is InChI=1S/C25H27NO2/c1-20-11-9-10-16-24(20)25(27)28-21(2)17-26(18-22-12-5-3-6-13-22)19-23-14-7-4-8-15-23/h3-16,21H,17-19H2,1-2H3. The Morgan fingerprint density at radius 1 is 0.821 bits per heavy atom. The number of rotatable bonds is 8. The van der Waals surface area contributed by atoms with Crippen molar-refractivity contribution in [1.82, 2.24) is 4.90 Å². The molecule has 0 N–H and O–H groups in total. The third-order valence-electron chi connectivity index (χ3n) is 4.69. The first-order valence-electron chi connectivity index (χ1n) is 9.68. The van der Waals surface area contributed by atoms with Crippen LogP contribution in [0.25, 0.3) is 0 Å². The second-order valence-corrected chi connectivity index (χ2v) is 7.17. The van der Waals surface area contributed by atoms with Crippen molar-refractivity contribution in [2.75, 3.05) is 6.54 Å². The Morgan fingerprint density at radius 2 is 1.32 bits per heavy atom. The lowest BCUT2D eigenvalue weighted by atomic mass is 10.1. The summed E-state index contributed by atoms with van der Waals surface area (Å²) in [4.78, 5) is 14.9. The Balaban J connectivity index is 1.67. The minimum absolute atomic E-state index is 0.209. The third-order valence-corrected chi connectivity index (χ3v) is 4.69. The van der Waals surface area contributed by atoms with E-state index in [-0.39, 0.29) is 12.1 Å².